The highest BCUT2D eigenvalue weighted by atomic mass is 16.5. The molecule has 0 aliphatic carbocycles. The van der Waals surface area contributed by atoms with Crippen LogP contribution in [0.25, 0.3) is 0 Å². The lowest BCUT2D eigenvalue weighted by atomic mass is 10.1. The maximum atomic E-state index is 10.7. The average molecular weight is 279 g/mol. The maximum absolute atomic E-state index is 10.7. The molecule has 4 heteroatoms. The quantitative estimate of drug-likeness (QED) is 0.795. The minimum absolute atomic E-state index is 0.0281. The first-order valence-electron chi connectivity index (χ1n) is 7.09. The number of hydrogen-bond donors (Lipinski definition) is 1. The molecule has 4 nitrogen and oxygen atoms in total. The smallest absolute Gasteiger partial charge is 0.304 e. The highest BCUT2D eigenvalue weighted by molar-refractivity contribution is 5.67. The van der Waals surface area contributed by atoms with Gasteiger partial charge in [-0.3, -0.25) is 9.69 Å². The predicted octanol–water partition coefficient (Wildman–Crippen LogP) is 2.87. The molecule has 0 amide bonds. The number of likely N-dealkylation sites (N-methyl/N-ethyl adjacent to an activating group) is 1. The number of ether oxygens (including phenoxy) is 1. The van der Waals surface area contributed by atoms with Crippen molar-refractivity contribution in [2.45, 2.75) is 40.2 Å². The van der Waals surface area contributed by atoms with Gasteiger partial charge in [0.25, 0.3) is 0 Å². The zero-order valence-corrected chi connectivity index (χ0v) is 12.8. The Morgan fingerprint density at radius 2 is 1.90 bits per heavy atom. The van der Waals surface area contributed by atoms with Crippen LogP contribution in [0.5, 0.6) is 5.75 Å². The molecule has 1 rings (SSSR count). The molecule has 0 aliphatic heterocycles. The van der Waals surface area contributed by atoms with Crippen molar-refractivity contribution < 1.29 is 14.6 Å². The SMILES string of the molecule is CCN(CCOc1cc(C)cc(C)c1)C(C)CC(=O)O. The first kappa shape index (κ1) is 16.5. The summed E-state index contributed by atoms with van der Waals surface area (Å²) in [5.41, 5.74) is 2.37. The van der Waals surface area contributed by atoms with Crippen LogP contribution in [-0.4, -0.2) is 41.7 Å². The van der Waals surface area contributed by atoms with Gasteiger partial charge in [0.15, 0.2) is 0 Å². The minimum Gasteiger partial charge on any atom is -0.492 e. The van der Waals surface area contributed by atoms with Crippen molar-refractivity contribution in [1.82, 2.24) is 4.90 Å². The zero-order valence-electron chi connectivity index (χ0n) is 12.8. The van der Waals surface area contributed by atoms with Gasteiger partial charge in [-0.1, -0.05) is 13.0 Å². The molecule has 0 saturated heterocycles. The molecule has 0 fully saturated rings. The molecule has 0 aliphatic rings. The molecule has 0 bridgehead atoms. The van der Waals surface area contributed by atoms with Gasteiger partial charge < -0.3 is 9.84 Å². The van der Waals surface area contributed by atoms with E-state index in [1.54, 1.807) is 0 Å². The number of rotatable bonds is 8. The summed E-state index contributed by atoms with van der Waals surface area (Å²) in [7, 11) is 0. The van der Waals surface area contributed by atoms with Crippen molar-refractivity contribution in [3.63, 3.8) is 0 Å². The minimum atomic E-state index is -0.758. The van der Waals surface area contributed by atoms with E-state index in [9.17, 15) is 4.79 Å². The summed E-state index contributed by atoms with van der Waals surface area (Å²) >= 11 is 0. The number of nitrogens with zero attached hydrogens (tertiary/aromatic N) is 1. The molecular weight excluding hydrogens is 254 g/mol. The molecule has 1 aromatic carbocycles. The Morgan fingerprint density at radius 3 is 2.40 bits per heavy atom. The summed E-state index contributed by atoms with van der Waals surface area (Å²) in [6.45, 7) is 10.2. The van der Waals surface area contributed by atoms with Crippen LogP contribution in [0.3, 0.4) is 0 Å². The van der Waals surface area contributed by atoms with Crippen LogP contribution >= 0.6 is 0 Å². The third-order valence-corrected chi connectivity index (χ3v) is 3.34. The molecule has 1 aromatic rings. The van der Waals surface area contributed by atoms with Gasteiger partial charge in [-0.05, 0) is 50.6 Å². The van der Waals surface area contributed by atoms with Crippen molar-refractivity contribution in [2.24, 2.45) is 0 Å². The van der Waals surface area contributed by atoms with Gasteiger partial charge >= 0.3 is 5.97 Å². The Morgan fingerprint density at radius 1 is 1.30 bits per heavy atom. The third-order valence-electron chi connectivity index (χ3n) is 3.34. The van der Waals surface area contributed by atoms with Gasteiger partial charge in [0, 0.05) is 12.6 Å². The molecule has 0 saturated carbocycles. The van der Waals surface area contributed by atoms with Crippen LogP contribution in [0.1, 0.15) is 31.4 Å². The van der Waals surface area contributed by atoms with E-state index in [1.807, 2.05) is 39.8 Å². The Bertz CT molecular complexity index is 425. The van der Waals surface area contributed by atoms with Gasteiger partial charge in [-0.2, -0.15) is 0 Å². The van der Waals surface area contributed by atoms with Crippen molar-refractivity contribution in [3.05, 3.63) is 29.3 Å². The highest BCUT2D eigenvalue weighted by Crippen LogP contribution is 2.16. The molecule has 1 N–H and O–H groups in total. The monoisotopic (exact) mass is 279 g/mol. The summed E-state index contributed by atoms with van der Waals surface area (Å²) in [4.78, 5) is 12.9. The number of carbonyl (C=O) groups is 1. The average Bonchev–Trinajstić information content (AvgIpc) is 2.32. The Hall–Kier alpha value is -1.55. The second-order valence-corrected chi connectivity index (χ2v) is 5.25. The summed E-state index contributed by atoms with van der Waals surface area (Å²) in [5, 5.41) is 8.83. The van der Waals surface area contributed by atoms with Gasteiger partial charge in [-0.15, -0.1) is 0 Å². The van der Waals surface area contributed by atoms with E-state index in [0.717, 1.165) is 18.8 Å². The number of aryl methyl sites for hydroxylation is 2. The van der Waals surface area contributed by atoms with Gasteiger partial charge in [0.2, 0.25) is 0 Å². The first-order valence-corrected chi connectivity index (χ1v) is 7.09. The van der Waals surface area contributed by atoms with Crippen molar-refractivity contribution in [3.8, 4) is 5.75 Å². The molecule has 0 heterocycles. The molecule has 1 atom stereocenters. The van der Waals surface area contributed by atoms with Crippen molar-refractivity contribution in [1.29, 1.82) is 0 Å². The molecule has 0 aromatic heterocycles. The van der Waals surface area contributed by atoms with Crippen LogP contribution < -0.4 is 4.74 Å². The second-order valence-electron chi connectivity index (χ2n) is 5.25. The van der Waals surface area contributed by atoms with E-state index in [2.05, 4.69) is 11.0 Å². The summed E-state index contributed by atoms with van der Waals surface area (Å²) in [6, 6.07) is 6.17. The lowest BCUT2D eigenvalue weighted by molar-refractivity contribution is -0.138. The zero-order chi connectivity index (χ0) is 15.1. The number of benzene rings is 1. The van der Waals surface area contributed by atoms with E-state index in [4.69, 9.17) is 9.84 Å². The van der Waals surface area contributed by atoms with Gasteiger partial charge in [0.1, 0.15) is 12.4 Å². The predicted molar refractivity (Wildman–Crippen MR) is 80.4 cm³/mol. The van der Waals surface area contributed by atoms with Gasteiger partial charge in [0.05, 0.1) is 6.42 Å². The molecule has 20 heavy (non-hydrogen) atoms. The van der Waals surface area contributed by atoms with Crippen LogP contribution in [0.2, 0.25) is 0 Å². The van der Waals surface area contributed by atoms with E-state index in [0.29, 0.717) is 6.61 Å². The lowest BCUT2D eigenvalue weighted by Crippen LogP contribution is -2.37. The van der Waals surface area contributed by atoms with Gasteiger partial charge in [-0.25, -0.2) is 0 Å². The number of carboxylic acids is 1. The second kappa shape index (κ2) is 7.90. The van der Waals surface area contributed by atoms with Crippen LogP contribution in [-0.2, 0) is 4.79 Å². The molecule has 112 valence electrons. The highest BCUT2D eigenvalue weighted by Gasteiger charge is 2.15. The Labute approximate surface area is 121 Å². The van der Waals surface area contributed by atoms with Crippen LogP contribution in [0, 0.1) is 13.8 Å². The van der Waals surface area contributed by atoms with E-state index < -0.39 is 5.97 Å². The van der Waals surface area contributed by atoms with Crippen molar-refractivity contribution in [2.75, 3.05) is 19.7 Å². The fourth-order valence-corrected chi connectivity index (χ4v) is 2.37. The van der Waals surface area contributed by atoms with Crippen LogP contribution in [0.4, 0.5) is 0 Å². The number of aliphatic carboxylic acids is 1. The topological polar surface area (TPSA) is 49.8 Å². The molecule has 0 radical (unpaired) electrons. The Kier molecular flexibility index (Phi) is 6.52. The number of carboxylic acid groups (broad SMARTS) is 1. The van der Waals surface area contributed by atoms with Crippen LogP contribution in [0.15, 0.2) is 18.2 Å². The van der Waals surface area contributed by atoms with E-state index in [1.165, 1.54) is 11.1 Å². The lowest BCUT2D eigenvalue weighted by Gasteiger charge is -2.26. The summed E-state index contributed by atoms with van der Waals surface area (Å²) in [5.74, 6) is 0.121. The fourth-order valence-electron chi connectivity index (χ4n) is 2.37. The molecule has 1 unspecified atom stereocenters. The third kappa shape index (κ3) is 5.61. The van der Waals surface area contributed by atoms with E-state index in [-0.39, 0.29) is 12.5 Å². The van der Waals surface area contributed by atoms with E-state index >= 15 is 0 Å². The fraction of sp³-hybridized carbons (Fsp3) is 0.562. The molecular formula is C16H25NO3. The standard InChI is InChI=1S/C16H25NO3/c1-5-17(14(4)11-16(18)19)6-7-20-15-9-12(2)8-13(3)10-15/h8-10,14H,5-7,11H2,1-4H3,(H,18,19). The molecule has 0 spiro atoms. The normalized spacial score (nSPS) is 12.4. The summed E-state index contributed by atoms with van der Waals surface area (Å²) < 4.78 is 5.77. The number of hydrogen-bond acceptors (Lipinski definition) is 3. The maximum Gasteiger partial charge on any atom is 0.304 e. The first-order chi connectivity index (χ1) is 9.42. The largest absolute Gasteiger partial charge is 0.492 e. The Balaban J connectivity index is 2.46. The summed E-state index contributed by atoms with van der Waals surface area (Å²) in [6.07, 6.45) is 0.164. The van der Waals surface area contributed by atoms with Crippen molar-refractivity contribution >= 4 is 5.97 Å².